The van der Waals surface area contributed by atoms with Gasteiger partial charge in [-0.1, -0.05) is 91.9 Å². The summed E-state index contributed by atoms with van der Waals surface area (Å²) >= 11 is 0. The van der Waals surface area contributed by atoms with Crippen LogP contribution in [-0.4, -0.2) is 13.1 Å². The highest BCUT2D eigenvalue weighted by atomic mass is 14.8. The van der Waals surface area contributed by atoms with Crippen molar-refractivity contribution in [2.75, 3.05) is 13.1 Å². The third-order valence-corrected chi connectivity index (χ3v) is 4.28. The van der Waals surface area contributed by atoms with Gasteiger partial charge in [0.2, 0.25) is 0 Å². The number of hydrogen-bond acceptors (Lipinski definition) is 1. The van der Waals surface area contributed by atoms with Crippen molar-refractivity contribution >= 4 is 0 Å². The maximum Gasteiger partial charge on any atom is -0.00465 e. The van der Waals surface area contributed by atoms with E-state index in [-0.39, 0.29) is 0 Å². The van der Waals surface area contributed by atoms with Crippen LogP contribution in [0.15, 0.2) is 0 Å². The minimum absolute atomic E-state index is 0.836. The number of rotatable bonds is 16. The van der Waals surface area contributed by atoms with Crippen LogP contribution in [0.25, 0.3) is 0 Å². The molecule has 0 aliphatic carbocycles. The van der Waals surface area contributed by atoms with Crippen molar-refractivity contribution in [3.8, 4) is 0 Å². The molecule has 0 bridgehead atoms. The molecule has 0 fully saturated rings. The maximum absolute atomic E-state index is 3.56. The molecule has 0 atom stereocenters. The van der Waals surface area contributed by atoms with E-state index < -0.39 is 0 Å². The predicted molar refractivity (Wildman–Crippen MR) is 97.9 cm³/mol. The highest BCUT2D eigenvalue weighted by molar-refractivity contribution is 4.53. The lowest BCUT2D eigenvalue weighted by Gasteiger charge is -2.07. The fourth-order valence-corrected chi connectivity index (χ4v) is 2.73. The molecular formula is C20H43N. The Morgan fingerprint density at radius 2 is 0.905 bits per heavy atom. The van der Waals surface area contributed by atoms with Crippen molar-refractivity contribution in [2.45, 2.75) is 105 Å². The topological polar surface area (TPSA) is 12.0 Å². The summed E-state index contributed by atoms with van der Waals surface area (Å²) in [6.45, 7) is 11.7. The summed E-state index contributed by atoms with van der Waals surface area (Å²) in [4.78, 5) is 0. The molecule has 0 amide bonds. The summed E-state index contributed by atoms with van der Waals surface area (Å²) in [5.41, 5.74) is 0. The van der Waals surface area contributed by atoms with E-state index >= 15 is 0 Å². The van der Waals surface area contributed by atoms with Crippen LogP contribution < -0.4 is 5.32 Å². The van der Waals surface area contributed by atoms with E-state index in [0.29, 0.717) is 0 Å². The Balaban J connectivity index is 2.96. The number of unbranched alkanes of at least 4 members (excludes halogenated alkanes) is 9. The summed E-state index contributed by atoms with van der Waals surface area (Å²) in [5.74, 6) is 1.73. The highest BCUT2D eigenvalue weighted by Gasteiger charge is 1.96. The minimum atomic E-state index is 0.836. The van der Waals surface area contributed by atoms with E-state index in [0.717, 1.165) is 11.8 Å². The average molecular weight is 298 g/mol. The molecule has 1 nitrogen and oxygen atoms in total. The third-order valence-electron chi connectivity index (χ3n) is 4.28. The average Bonchev–Trinajstić information content (AvgIpc) is 2.42. The quantitative estimate of drug-likeness (QED) is 0.318. The van der Waals surface area contributed by atoms with Gasteiger partial charge in [-0.15, -0.1) is 0 Å². The lowest BCUT2D eigenvalue weighted by Crippen LogP contribution is -2.17. The first-order chi connectivity index (χ1) is 10.1. The number of nitrogens with one attached hydrogen (secondary N) is 1. The lowest BCUT2D eigenvalue weighted by molar-refractivity contribution is 0.499. The van der Waals surface area contributed by atoms with Gasteiger partial charge < -0.3 is 5.32 Å². The van der Waals surface area contributed by atoms with Crippen molar-refractivity contribution in [1.82, 2.24) is 5.32 Å². The molecule has 1 heteroatoms. The Hall–Kier alpha value is -0.0400. The van der Waals surface area contributed by atoms with Crippen molar-refractivity contribution in [2.24, 2.45) is 11.8 Å². The van der Waals surface area contributed by atoms with Crippen molar-refractivity contribution < 1.29 is 0 Å². The van der Waals surface area contributed by atoms with Crippen LogP contribution in [0.3, 0.4) is 0 Å². The van der Waals surface area contributed by atoms with Crippen molar-refractivity contribution in [3.63, 3.8) is 0 Å². The van der Waals surface area contributed by atoms with Gasteiger partial charge in [0.25, 0.3) is 0 Å². The molecule has 0 radical (unpaired) electrons. The molecule has 0 aromatic rings. The summed E-state index contributed by atoms with van der Waals surface area (Å²) in [6.07, 6.45) is 17.2. The first kappa shape index (κ1) is 21.0. The molecule has 0 saturated carbocycles. The van der Waals surface area contributed by atoms with Gasteiger partial charge in [0.05, 0.1) is 0 Å². The van der Waals surface area contributed by atoms with Crippen LogP contribution in [0.5, 0.6) is 0 Å². The normalized spacial score (nSPS) is 11.7. The van der Waals surface area contributed by atoms with Crippen LogP contribution in [0.4, 0.5) is 0 Å². The van der Waals surface area contributed by atoms with E-state index in [4.69, 9.17) is 0 Å². The Bertz CT molecular complexity index is 166. The van der Waals surface area contributed by atoms with Crippen LogP contribution in [-0.2, 0) is 0 Å². The molecule has 0 rings (SSSR count). The molecule has 0 spiro atoms. The van der Waals surface area contributed by atoms with Crippen molar-refractivity contribution in [3.05, 3.63) is 0 Å². The van der Waals surface area contributed by atoms with Gasteiger partial charge in [0.1, 0.15) is 0 Å². The van der Waals surface area contributed by atoms with Gasteiger partial charge in [-0.3, -0.25) is 0 Å². The molecule has 128 valence electrons. The predicted octanol–water partition coefficient (Wildman–Crippen LogP) is 6.57. The van der Waals surface area contributed by atoms with Gasteiger partial charge in [-0.2, -0.15) is 0 Å². The van der Waals surface area contributed by atoms with Crippen LogP contribution in [0.1, 0.15) is 105 Å². The Morgan fingerprint density at radius 1 is 0.476 bits per heavy atom. The van der Waals surface area contributed by atoms with E-state index in [1.807, 2.05) is 0 Å². The van der Waals surface area contributed by atoms with Crippen molar-refractivity contribution in [1.29, 1.82) is 0 Å². The number of hydrogen-bond donors (Lipinski definition) is 1. The first-order valence-corrected chi connectivity index (χ1v) is 9.83. The van der Waals surface area contributed by atoms with E-state index in [1.54, 1.807) is 0 Å². The summed E-state index contributed by atoms with van der Waals surface area (Å²) in [5, 5.41) is 3.56. The second kappa shape index (κ2) is 16.3. The van der Waals surface area contributed by atoms with Gasteiger partial charge in [-0.25, -0.2) is 0 Å². The van der Waals surface area contributed by atoms with Crippen LogP contribution in [0.2, 0.25) is 0 Å². The standard InChI is InChI=1S/C20H43N/c1-19(2)15-13-11-9-7-5-6-8-10-12-14-17-21-18-16-20(3)4/h19-21H,5-18H2,1-4H3. The SMILES string of the molecule is CC(C)CCCCCCCCCCCCNCCC(C)C. The maximum atomic E-state index is 3.56. The zero-order valence-electron chi connectivity index (χ0n) is 15.6. The van der Waals surface area contributed by atoms with Crippen LogP contribution in [0, 0.1) is 11.8 Å². The molecule has 0 heterocycles. The Morgan fingerprint density at radius 3 is 1.38 bits per heavy atom. The summed E-state index contributed by atoms with van der Waals surface area (Å²) in [6, 6.07) is 0. The second-order valence-electron chi connectivity index (χ2n) is 7.65. The fraction of sp³-hybridized carbons (Fsp3) is 1.00. The molecule has 0 aliphatic rings. The van der Waals surface area contributed by atoms with E-state index in [1.165, 1.54) is 90.1 Å². The van der Waals surface area contributed by atoms with Crippen LogP contribution >= 0.6 is 0 Å². The molecular weight excluding hydrogens is 254 g/mol. The molecule has 0 aliphatic heterocycles. The van der Waals surface area contributed by atoms with E-state index in [9.17, 15) is 0 Å². The van der Waals surface area contributed by atoms with E-state index in [2.05, 4.69) is 33.0 Å². The summed E-state index contributed by atoms with van der Waals surface area (Å²) in [7, 11) is 0. The molecule has 0 aromatic heterocycles. The summed E-state index contributed by atoms with van der Waals surface area (Å²) < 4.78 is 0. The first-order valence-electron chi connectivity index (χ1n) is 9.83. The Labute approximate surface area is 135 Å². The smallest absolute Gasteiger partial charge is 0.00465 e. The molecule has 0 saturated heterocycles. The lowest BCUT2D eigenvalue weighted by atomic mass is 10.0. The molecule has 21 heavy (non-hydrogen) atoms. The molecule has 1 N–H and O–H groups in total. The van der Waals surface area contributed by atoms with Gasteiger partial charge >= 0.3 is 0 Å². The molecule has 0 unspecified atom stereocenters. The largest absolute Gasteiger partial charge is 0.317 e. The second-order valence-corrected chi connectivity index (χ2v) is 7.65. The monoisotopic (exact) mass is 297 g/mol. The zero-order valence-corrected chi connectivity index (χ0v) is 15.6. The third kappa shape index (κ3) is 20.0. The minimum Gasteiger partial charge on any atom is -0.317 e. The Kier molecular flexibility index (Phi) is 16.3. The highest BCUT2D eigenvalue weighted by Crippen LogP contribution is 2.13. The molecule has 0 aromatic carbocycles. The zero-order chi connectivity index (χ0) is 15.8. The van der Waals surface area contributed by atoms with Gasteiger partial charge in [0.15, 0.2) is 0 Å². The van der Waals surface area contributed by atoms with Gasteiger partial charge in [-0.05, 0) is 37.8 Å². The fourth-order valence-electron chi connectivity index (χ4n) is 2.73. The van der Waals surface area contributed by atoms with Gasteiger partial charge in [0, 0.05) is 0 Å².